The molecule has 0 radical (unpaired) electrons. The van der Waals surface area contributed by atoms with Gasteiger partial charge in [-0.15, -0.1) is 11.3 Å². The van der Waals surface area contributed by atoms with Crippen molar-refractivity contribution < 1.29 is 22.4 Å². The number of likely N-dealkylation sites (N-methyl/N-ethyl adjacent to an activating group) is 1. The number of carbonyl (C=O) groups is 2. The molecule has 194 valence electrons. The second kappa shape index (κ2) is 11.6. The summed E-state index contributed by atoms with van der Waals surface area (Å²) in [4.78, 5) is 29.0. The molecule has 0 aliphatic carbocycles. The Morgan fingerprint density at radius 2 is 1.97 bits per heavy atom. The van der Waals surface area contributed by atoms with Gasteiger partial charge >= 0.3 is 0 Å². The number of hydrogen-bond donors (Lipinski definition) is 1. The Labute approximate surface area is 224 Å². The van der Waals surface area contributed by atoms with Crippen LogP contribution in [0.15, 0.2) is 66.1 Å². The largest absolute Gasteiger partial charge is 0.341 e. The molecule has 7 nitrogen and oxygen atoms in total. The third-order valence-corrected chi connectivity index (χ3v) is 8.23. The number of thiophene rings is 1. The van der Waals surface area contributed by atoms with Crippen LogP contribution in [0.25, 0.3) is 6.08 Å². The van der Waals surface area contributed by atoms with E-state index >= 15 is 4.39 Å². The lowest BCUT2D eigenvalue weighted by atomic mass is 10.1. The maximum absolute atomic E-state index is 15.0. The topological polar surface area (TPSA) is 86.8 Å². The average Bonchev–Trinajstić information content (AvgIpc) is 3.46. The van der Waals surface area contributed by atoms with Gasteiger partial charge in [0.25, 0.3) is 5.91 Å². The molecule has 0 spiro atoms. The molecule has 37 heavy (non-hydrogen) atoms. The summed E-state index contributed by atoms with van der Waals surface area (Å²) in [5.41, 5.74) is 1.26. The Morgan fingerprint density at radius 3 is 2.65 bits per heavy atom. The van der Waals surface area contributed by atoms with E-state index in [1.807, 2.05) is 30.3 Å². The molecule has 0 saturated carbocycles. The summed E-state index contributed by atoms with van der Waals surface area (Å²) in [5.74, 6) is -1.62. The standard InChI is InChI=1S/C26H25ClFN3O4S2/c1-30(14-11-18-5-3-2-4-6-18)25(32)19-7-9-23(21(28)17-19)31-15-12-22(26(31)33)29-37(34,35)16-13-20-8-10-24(27)36-20/h2-10,13,16-17,22,29H,11-12,14-15H2,1H3/b16-13+. The van der Waals surface area contributed by atoms with Gasteiger partial charge in [0.2, 0.25) is 15.9 Å². The van der Waals surface area contributed by atoms with Gasteiger partial charge in [-0.25, -0.2) is 12.8 Å². The zero-order valence-electron chi connectivity index (χ0n) is 19.9. The number of rotatable bonds is 9. The van der Waals surface area contributed by atoms with Crippen molar-refractivity contribution in [3.8, 4) is 0 Å². The van der Waals surface area contributed by atoms with E-state index in [1.165, 1.54) is 39.3 Å². The van der Waals surface area contributed by atoms with Gasteiger partial charge in [-0.1, -0.05) is 41.9 Å². The fourth-order valence-corrected chi connectivity index (χ4v) is 6.03. The number of hydrogen-bond acceptors (Lipinski definition) is 5. The predicted octanol–water partition coefficient (Wildman–Crippen LogP) is 4.55. The highest BCUT2D eigenvalue weighted by molar-refractivity contribution is 7.92. The van der Waals surface area contributed by atoms with Gasteiger partial charge in [-0.3, -0.25) is 9.59 Å². The first-order chi connectivity index (χ1) is 17.6. The van der Waals surface area contributed by atoms with Crippen LogP contribution in [0.3, 0.4) is 0 Å². The summed E-state index contributed by atoms with van der Waals surface area (Å²) in [6.45, 7) is 0.601. The minimum atomic E-state index is -3.91. The minimum Gasteiger partial charge on any atom is -0.341 e. The fourth-order valence-electron chi connectivity index (χ4n) is 3.96. The van der Waals surface area contributed by atoms with Gasteiger partial charge in [-0.05, 0) is 54.8 Å². The van der Waals surface area contributed by atoms with Gasteiger partial charge in [0.1, 0.15) is 11.9 Å². The molecule has 1 atom stereocenters. The molecule has 1 aliphatic heterocycles. The predicted molar refractivity (Wildman–Crippen MR) is 145 cm³/mol. The average molecular weight is 562 g/mol. The van der Waals surface area contributed by atoms with Crippen molar-refractivity contribution in [2.45, 2.75) is 18.9 Å². The lowest BCUT2D eigenvalue weighted by molar-refractivity contribution is -0.118. The molecule has 4 rings (SSSR count). The Kier molecular flexibility index (Phi) is 8.43. The first-order valence-electron chi connectivity index (χ1n) is 11.5. The first kappa shape index (κ1) is 27.0. The van der Waals surface area contributed by atoms with Crippen LogP contribution in [0, 0.1) is 5.82 Å². The minimum absolute atomic E-state index is 0.000967. The second-order valence-electron chi connectivity index (χ2n) is 8.57. The Morgan fingerprint density at radius 1 is 1.22 bits per heavy atom. The van der Waals surface area contributed by atoms with Crippen molar-refractivity contribution in [3.63, 3.8) is 0 Å². The number of nitrogens with zero attached hydrogens (tertiary/aromatic N) is 2. The number of benzene rings is 2. The van der Waals surface area contributed by atoms with Crippen LogP contribution < -0.4 is 9.62 Å². The van der Waals surface area contributed by atoms with Crippen molar-refractivity contribution in [2.24, 2.45) is 0 Å². The van der Waals surface area contributed by atoms with E-state index in [4.69, 9.17) is 11.6 Å². The van der Waals surface area contributed by atoms with E-state index in [0.29, 0.717) is 22.2 Å². The van der Waals surface area contributed by atoms with Crippen molar-refractivity contribution in [3.05, 3.63) is 92.2 Å². The maximum atomic E-state index is 15.0. The summed E-state index contributed by atoms with van der Waals surface area (Å²) in [6, 6.07) is 16.0. The smallest absolute Gasteiger partial charge is 0.253 e. The number of halogens is 2. The summed E-state index contributed by atoms with van der Waals surface area (Å²) >= 11 is 7.07. The molecule has 1 aliphatic rings. The van der Waals surface area contributed by atoms with Gasteiger partial charge in [0, 0.05) is 36.0 Å². The van der Waals surface area contributed by atoms with Crippen LogP contribution in [-0.2, 0) is 21.2 Å². The molecule has 1 N–H and O–H groups in total. The molecule has 1 saturated heterocycles. The fraction of sp³-hybridized carbons (Fsp3) is 0.231. The quantitative estimate of drug-likeness (QED) is 0.415. The zero-order valence-corrected chi connectivity index (χ0v) is 22.3. The third kappa shape index (κ3) is 6.84. The molecule has 11 heteroatoms. The number of sulfonamides is 1. The van der Waals surface area contributed by atoms with Crippen LogP contribution >= 0.6 is 22.9 Å². The molecule has 0 bridgehead atoms. The molecular weight excluding hydrogens is 537 g/mol. The number of anilines is 1. The summed E-state index contributed by atoms with van der Waals surface area (Å²) < 4.78 is 42.8. The molecule has 2 amide bonds. The van der Waals surface area contributed by atoms with E-state index in [1.54, 1.807) is 19.2 Å². The Balaban J connectivity index is 1.38. The van der Waals surface area contributed by atoms with Crippen LogP contribution in [0.4, 0.5) is 10.1 Å². The molecule has 2 aromatic carbocycles. The van der Waals surface area contributed by atoms with Crippen LogP contribution in [0.5, 0.6) is 0 Å². The van der Waals surface area contributed by atoms with Crippen molar-refractivity contribution in [1.29, 1.82) is 0 Å². The normalized spacial score (nSPS) is 16.0. The maximum Gasteiger partial charge on any atom is 0.253 e. The summed E-state index contributed by atoms with van der Waals surface area (Å²) in [5, 5.41) is 0.973. The number of nitrogens with one attached hydrogen (secondary N) is 1. The Hall–Kier alpha value is -3.05. The third-order valence-electron chi connectivity index (χ3n) is 5.93. The highest BCUT2D eigenvalue weighted by Crippen LogP contribution is 2.27. The van der Waals surface area contributed by atoms with E-state index in [2.05, 4.69) is 4.72 Å². The van der Waals surface area contributed by atoms with Crippen LogP contribution in [0.1, 0.15) is 27.2 Å². The monoisotopic (exact) mass is 561 g/mol. The second-order valence-corrected chi connectivity index (χ2v) is 11.9. The number of carbonyl (C=O) groups excluding carboxylic acids is 2. The SMILES string of the molecule is CN(CCc1ccccc1)C(=O)c1ccc(N2CCC(NS(=O)(=O)/C=C/c3ccc(Cl)s3)C2=O)c(F)c1. The van der Waals surface area contributed by atoms with Crippen molar-refractivity contribution >= 4 is 56.5 Å². The lowest BCUT2D eigenvalue weighted by Gasteiger charge is -2.20. The van der Waals surface area contributed by atoms with E-state index < -0.39 is 27.8 Å². The highest BCUT2D eigenvalue weighted by Gasteiger charge is 2.36. The van der Waals surface area contributed by atoms with Crippen LogP contribution in [0.2, 0.25) is 4.34 Å². The molecule has 3 aromatic rings. The number of amides is 2. The molecule has 2 heterocycles. The van der Waals surface area contributed by atoms with Crippen molar-refractivity contribution in [2.75, 3.05) is 25.0 Å². The molecule has 1 aromatic heterocycles. The molecule has 1 unspecified atom stereocenters. The van der Waals surface area contributed by atoms with Crippen molar-refractivity contribution in [1.82, 2.24) is 9.62 Å². The zero-order chi connectivity index (χ0) is 26.6. The molecule has 1 fully saturated rings. The molecular formula is C26H25ClFN3O4S2. The Bertz CT molecular complexity index is 1430. The van der Waals surface area contributed by atoms with Gasteiger partial charge in [0.05, 0.1) is 10.0 Å². The summed E-state index contributed by atoms with van der Waals surface area (Å²) in [7, 11) is -2.26. The van der Waals surface area contributed by atoms with Gasteiger partial charge < -0.3 is 9.80 Å². The van der Waals surface area contributed by atoms with Gasteiger partial charge in [-0.2, -0.15) is 4.72 Å². The van der Waals surface area contributed by atoms with Gasteiger partial charge in [0.15, 0.2) is 0 Å². The van der Waals surface area contributed by atoms with E-state index in [9.17, 15) is 18.0 Å². The van der Waals surface area contributed by atoms with E-state index in [0.717, 1.165) is 17.0 Å². The van der Waals surface area contributed by atoms with Crippen LogP contribution in [-0.4, -0.2) is 51.3 Å². The first-order valence-corrected chi connectivity index (χ1v) is 14.2. The van der Waals surface area contributed by atoms with E-state index in [-0.39, 0.29) is 30.1 Å². The summed E-state index contributed by atoms with van der Waals surface area (Å²) in [6.07, 6.45) is 2.24. The lowest BCUT2D eigenvalue weighted by Crippen LogP contribution is -2.41. The highest BCUT2D eigenvalue weighted by atomic mass is 35.5.